The van der Waals surface area contributed by atoms with Crippen LogP contribution in [-0.2, 0) is 16.6 Å². The average molecular weight is 301 g/mol. The Morgan fingerprint density at radius 2 is 2.25 bits per heavy atom. The number of halogens is 1. The second-order valence-corrected chi connectivity index (χ2v) is 6.87. The summed E-state index contributed by atoms with van der Waals surface area (Å²) < 4.78 is 40.9. The largest absolute Gasteiger partial charge is 0.326 e. The van der Waals surface area contributed by atoms with Gasteiger partial charge in [0.1, 0.15) is 10.7 Å². The van der Waals surface area contributed by atoms with Crippen LogP contribution in [0.3, 0.4) is 0 Å². The van der Waals surface area contributed by atoms with E-state index in [0.29, 0.717) is 12.1 Å². The highest BCUT2D eigenvalue weighted by Crippen LogP contribution is 2.18. The summed E-state index contributed by atoms with van der Waals surface area (Å²) >= 11 is 0. The van der Waals surface area contributed by atoms with E-state index in [1.54, 1.807) is 0 Å². The van der Waals surface area contributed by atoms with Gasteiger partial charge in [-0.15, -0.1) is 0 Å². The number of piperidine rings is 1. The Morgan fingerprint density at radius 3 is 2.90 bits per heavy atom. The standard InChI is InChI=1S/C13H20FN3O2S/c1-17-6-2-3-11(9-17)16-20(18,19)13-7-10(8-15)4-5-12(13)14/h4-5,7,11,16H,2-3,6,8-9,15H2,1H3. The lowest BCUT2D eigenvalue weighted by Crippen LogP contribution is -2.46. The van der Waals surface area contributed by atoms with E-state index >= 15 is 0 Å². The van der Waals surface area contributed by atoms with Crippen LogP contribution in [0.5, 0.6) is 0 Å². The third-order valence-corrected chi connectivity index (χ3v) is 5.00. The van der Waals surface area contributed by atoms with Crippen LogP contribution in [0, 0.1) is 5.82 Å². The van der Waals surface area contributed by atoms with Crippen molar-refractivity contribution < 1.29 is 12.8 Å². The molecule has 0 aromatic heterocycles. The number of benzene rings is 1. The molecule has 1 aliphatic heterocycles. The molecular weight excluding hydrogens is 281 g/mol. The van der Waals surface area contributed by atoms with Crippen molar-refractivity contribution in [2.75, 3.05) is 20.1 Å². The van der Waals surface area contributed by atoms with Gasteiger partial charge in [-0.2, -0.15) is 0 Å². The maximum absolute atomic E-state index is 13.8. The Bertz CT molecular complexity index is 577. The predicted molar refractivity (Wildman–Crippen MR) is 75.1 cm³/mol. The highest BCUT2D eigenvalue weighted by atomic mass is 32.2. The lowest BCUT2D eigenvalue weighted by atomic mass is 10.1. The first-order chi connectivity index (χ1) is 9.42. The van der Waals surface area contributed by atoms with Crippen molar-refractivity contribution in [1.82, 2.24) is 9.62 Å². The van der Waals surface area contributed by atoms with Crippen molar-refractivity contribution in [1.29, 1.82) is 0 Å². The number of hydrogen-bond donors (Lipinski definition) is 2. The van der Waals surface area contributed by atoms with Crippen molar-refractivity contribution in [3.63, 3.8) is 0 Å². The molecule has 0 spiro atoms. The maximum Gasteiger partial charge on any atom is 0.243 e. The monoisotopic (exact) mass is 301 g/mol. The van der Waals surface area contributed by atoms with Crippen LogP contribution in [-0.4, -0.2) is 39.5 Å². The summed E-state index contributed by atoms with van der Waals surface area (Å²) in [6, 6.07) is 3.75. The molecule has 0 aliphatic carbocycles. The predicted octanol–water partition coefficient (Wildman–Crippen LogP) is 0.657. The molecule has 7 heteroatoms. The number of hydrogen-bond acceptors (Lipinski definition) is 4. The van der Waals surface area contributed by atoms with Gasteiger partial charge in [0, 0.05) is 19.1 Å². The summed E-state index contributed by atoms with van der Waals surface area (Å²) in [7, 11) is -1.91. The SMILES string of the molecule is CN1CCCC(NS(=O)(=O)c2cc(CN)ccc2F)C1. The molecule has 0 saturated carbocycles. The van der Waals surface area contributed by atoms with Crippen molar-refractivity contribution >= 4 is 10.0 Å². The van der Waals surface area contributed by atoms with E-state index in [-0.39, 0.29) is 17.5 Å². The van der Waals surface area contributed by atoms with Gasteiger partial charge in [-0.25, -0.2) is 17.5 Å². The second kappa shape index (κ2) is 6.17. The zero-order valence-corrected chi connectivity index (χ0v) is 12.3. The lowest BCUT2D eigenvalue weighted by Gasteiger charge is -2.30. The van der Waals surface area contributed by atoms with Gasteiger partial charge in [0.2, 0.25) is 10.0 Å². The van der Waals surface area contributed by atoms with E-state index < -0.39 is 15.8 Å². The molecule has 0 radical (unpaired) electrons. The van der Waals surface area contributed by atoms with E-state index in [0.717, 1.165) is 25.5 Å². The van der Waals surface area contributed by atoms with Crippen molar-refractivity contribution in [2.24, 2.45) is 5.73 Å². The van der Waals surface area contributed by atoms with E-state index in [4.69, 9.17) is 5.73 Å². The molecule has 2 rings (SSSR count). The minimum atomic E-state index is -3.85. The summed E-state index contributed by atoms with van der Waals surface area (Å²) in [6.45, 7) is 1.77. The fourth-order valence-electron chi connectivity index (χ4n) is 2.43. The minimum Gasteiger partial charge on any atom is -0.326 e. The van der Waals surface area contributed by atoms with E-state index in [2.05, 4.69) is 9.62 Å². The number of nitrogens with two attached hydrogens (primary N) is 1. The molecule has 1 fully saturated rings. The maximum atomic E-state index is 13.8. The minimum absolute atomic E-state index is 0.176. The Hall–Kier alpha value is -1.02. The first kappa shape index (κ1) is 15.4. The first-order valence-corrected chi connectivity index (χ1v) is 8.10. The lowest BCUT2D eigenvalue weighted by molar-refractivity contribution is 0.242. The zero-order chi connectivity index (χ0) is 14.8. The van der Waals surface area contributed by atoms with Gasteiger partial charge in [0.25, 0.3) is 0 Å². The van der Waals surface area contributed by atoms with Gasteiger partial charge >= 0.3 is 0 Å². The summed E-state index contributed by atoms with van der Waals surface area (Å²) in [5, 5.41) is 0. The molecule has 1 aromatic carbocycles. The van der Waals surface area contributed by atoms with Gasteiger partial charge in [-0.1, -0.05) is 6.07 Å². The molecule has 1 atom stereocenters. The molecule has 20 heavy (non-hydrogen) atoms. The van der Waals surface area contributed by atoms with Crippen molar-refractivity contribution in [2.45, 2.75) is 30.3 Å². The van der Waals surface area contributed by atoms with Crippen LogP contribution in [0.4, 0.5) is 4.39 Å². The van der Waals surface area contributed by atoms with Gasteiger partial charge in [0.05, 0.1) is 0 Å². The van der Waals surface area contributed by atoms with Crippen LogP contribution in [0.25, 0.3) is 0 Å². The van der Waals surface area contributed by atoms with Crippen molar-refractivity contribution in [3.8, 4) is 0 Å². The molecule has 0 amide bonds. The molecule has 1 aliphatic rings. The Balaban J connectivity index is 2.21. The Labute approximate surface area is 119 Å². The summed E-state index contributed by atoms with van der Waals surface area (Å²) in [6.07, 6.45) is 1.69. The average Bonchev–Trinajstić information content (AvgIpc) is 2.38. The fraction of sp³-hybridized carbons (Fsp3) is 0.538. The van der Waals surface area contributed by atoms with Gasteiger partial charge < -0.3 is 10.6 Å². The van der Waals surface area contributed by atoms with E-state index in [1.165, 1.54) is 12.1 Å². The number of likely N-dealkylation sites (tertiary alicyclic amines) is 1. The topological polar surface area (TPSA) is 75.4 Å². The molecule has 1 aromatic rings. The fourth-order valence-corrected chi connectivity index (χ4v) is 3.82. The zero-order valence-electron chi connectivity index (χ0n) is 11.5. The summed E-state index contributed by atoms with van der Waals surface area (Å²) in [5.41, 5.74) is 6.06. The normalized spacial score (nSPS) is 21.1. The van der Waals surface area contributed by atoms with Gasteiger partial charge in [-0.3, -0.25) is 0 Å². The van der Waals surface area contributed by atoms with E-state index in [9.17, 15) is 12.8 Å². The number of likely N-dealkylation sites (N-methyl/N-ethyl adjacent to an activating group) is 1. The molecular formula is C13H20FN3O2S. The van der Waals surface area contributed by atoms with Gasteiger partial charge in [-0.05, 0) is 44.1 Å². The third-order valence-electron chi connectivity index (χ3n) is 3.47. The Kier molecular flexibility index (Phi) is 4.74. The molecule has 1 saturated heterocycles. The number of rotatable bonds is 4. The highest BCUT2D eigenvalue weighted by molar-refractivity contribution is 7.89. The van der Waals surface area contributed by atoms with Crippen LogP contribution in [0.15, 0.2) is 23.1 Å². The summed E-state index contributed by atoms with van der Waals surface area (Å²) in [4.78, 5) is 1.73. The number of nitrogens with one attached hydrogen (secondary N) is 1. The van der Waals surface area contributed by atoms with Gasteiger partial charge in [0.15, 0.2) is 0 Å². The molecule has 112 valence electrons. The van der Waals surface area contributed by atoms with Crippen LogP contribution in [0.1, 0.15) is 18.4 Å². The second-order valence-electron chi connectivity index (χ2n) is 5.19. The summed E-state index contributed by atoms with van der Waals surface area (Å²) in [5.74, 6) is -0.751. The molecule has 1 unspecified atom stereocenters. The smallest absolute Gasteiger partial charge is 0.243 e. The molecule has 5 nitrogen and oxygen atoms in total. The molecule has 0 bridgehead atoms. The van der Waals surface area contributed by atoms with E-state index in [1.807, 2.05) is 7.05 Å². The number of sulfonamides is 1. The number of nitrogens with zero attached hydrogens (tertiary/aromatic N) is 1. The van der Waals surface area contributed by atoms with Crippen LogP contribution in [0.2, 0.25) is 0 Å². The third kappa shape index (κ3) is 3.54. The Morgan fingerprint density at radius 1 is 1.50 bits per heavy atom. The quantitative estimate of drug-likeness (QED) is 0.856. The highest BCUT2D eigenvalue weighted by Gasteiger charge is 2.26. The molecule has 1 heterocycles. The van der Waals surface area contributed by atoms with Crippen molar-refractivity contribution in [3.05, 3.63) is 29.6 Å². The van der Waals surface area contributed by atoms with Crippen LogP contribution < -0.4 is 10.5 Å². The molecule has 3 N–H and O–H groups in total. The first-order valence-electron chi connectivity index (χ1n) is 6.62. The van der Waals surface area contributed by atoms with Crippen LogP contribution >= 0.6 is 0 Å².